The molecular formula is C22H36F3N7O2. The minimum Gasteiger partial charge on any atom is -0.367 e. The maximum absolute atomic E-state index is 13.4. The average molecular weight is 488 g/mol. The highest BCUT2D eigenvalue weighted by atomic mass is 19.4. The molecule has 5 atom stereocenters. The molecule has 1 amide bonds. The summed E-state index contributed by atoms with van der Waals surface area (Å²) in [6.07, 6.45) is 0.819. The van der Waals surface area contributed by atoms with Crippen molar-refractivity contribution in [2.24, 2.45) is 28.3 Å². The number of piperidine rings is 1. The van der Waals surface area contributed by atoms with Crippen molar-refractivity contribution in [3.63, 3.8) is 0 Å². The Labute approximate surface area is 198 Å². The van der Waals surface area contributed by atoms with Crippen LogP contribution in [-0.4, -0.2) is 80.0 Å². The van der Waals surface area contributed by atoms with Crippen LogP contribution in [0, 0.1) is 23.2 Å². The molecule has 2 fully saturated rings. The van der Waals surface area contributed by atoms with Crippen LogP contribution in [0.5, 0.6) is 0 Å². The molecule has 2 aliphatic heterocycles. The summed E-state index contributed by atoms with van der Waals surface area (Å²) in [6.45, 7) is 0.000412. The van der Waals surface area contributed by atoms with Crippen molar-refractivity contribution in [1.29, 1.82) is 5.26 Å². The Morgan fingerprint density at radius 1 is 1.29 bits per heavy atom. The van der Waals surface area contributed by atoms with E-state index < -0.39 is 49.1 Å². The molecule has 34 heavy (non-hydrogen) atoms. The Morgan fingerprint density at radius 2 is 2.03 bits per heavy atom. The van der Waals surface area contributed by atoms with E-state index in [4.69, 9.17) is 21.5 Å². The minimum atomic E-state index is -4.45. The third-order valence-electron chi connectivity index (χ3n) is 6.88. The van der Waals surface area contributed by atoms with E-state index in [-0.39, 0.29) is 18.5 Å². The number of rotatable bonds is 8. The lowest BCUT2D eigenvalue weighted by molar-refractivity contribution is -0.190. The molecule has 9 nitrogen and oxygen atoms in total. The van der Waals surface area contributed by atoms with Crippen LogP contribution in [0.3, 0.4) is 0 Å². The van der Waals surface area contributed by atoms with Gasteiger partial charge < -0.3 is 26.8 Å². The highest BCUT2D eigenvalue weighted by Gasteiger charge is 2.43. The summed E-state index contributed by atoms with van der Waals surface area (Å²) < 4.78 is 43.1. The first-order valence-corrected chi connectivity index (χ1v) is 12.1. The molecule has 0 bridgehead atoms. The first-order chi connectivity index (χ1) is 16.2. The summed E-state index contributed by atoms with van der Waals surface area (Å²) in [7, 11) is 0. The molecule has 3 rings (SSSR count). The predicted octanol–water partition coefficient (Wildman–Crippen LogP) is 0.847. The standard InChI is InChI=1S/C22H36F3N7O2/c23-22(24,25)13-34-17-7-9-29-11-16(17)31-21(33)18(19(27)28)20-30-10-14(6-8-26)12-32(20)15-4-2-1-3-5-15/h10,14-20,29H,1-7,9,11-13,27-28H2,(H,31,33). The Balaban J connectivity index is 1.76. The van der Waals surface area contributed by atoms with Crippen molar-refractivity contribution in [2.45, 2.75) is 81.6 Å². The maximum Gasteiger partial charge on any atom is 0.411 e. The van der Waals surface area contributed by atoms with Gasteiger partial charge in [0.2, 0.25) is 5.91 Å². The van der Waals surface area contributed by atoms with Gasteiger partial charge in [0.15, 0.2) is 0 Å². The number of nitrogens with one attached hydrogen (secondary N) is 2. The number of hydrogen-bond acceptors (Lipinski definition) is 8. The SMILES string of the molecule is N#CCC1C=NC(C(C(=O)NC2CNCCC2OCC(F)(F)F)C(N)N)N(C2CCCCC2)C1. The van der Waals surface area contributed by atoms with Crippen LogP contribution in [0.15, 0.2) is 4.99 Å². The van der Waals surface area contributed by atoms with E-state index in [1.54, 1.807) is 6.21 Å². The van der Waals surface area contributed by atoms with Crippen LogP contribution in [0.25, 0.3) is 0 Å². The number of nitrogens with zero attached hydrogens (tertiary/aromatic N) is 3. The first kappa shape index (κ1) is 26.8. The van der Waals surface area contributed by atoms with E-state index >= 15 is 0 Å². The molecular weight excluding hydrogens is 451 g/mol. The number of amides is 1. The van der Waals surface area contributed by atoms with Gasteiger partial charge in [0, 0.05) is 37.7 Å². The number of ether oxygens (including phenoxy) is 1. The number of alkyl halides is 3. The second kappa shape index (κ2) is 12.3. The number of carbonyl (C=O) groups is 1. The number of hydrogen-bond donors (Lipinski definition) is 4. The molecule has 12 heteroatoms. The van der Waals surface area contributed by atoms with Crippen LogP contribution >= 0.6 is 0 Å². The van der Waals surface area contributed by atoms with E-state index in [1.807, 2.05) is 0 Å². The Kier molecular flexibility index (Phi) is 9.67. The normalized spacial score (nSPS) is 30.1. The van der Waals surface area contributed by atoms with E-state index in [9.17, 15) is 18.0 Å². The first-order valence-electron chi connectivity index (χ1n) is 12.1. The Hall–Kier alpha value is -1.78. The van der Waals surface area contributed by atoms with Gasteiger partial charge in [-0.05, 0) is 25.8 Å². The molecule has 3 aliphatic rings. The molecule has 2 heterocycles. The van der Waals surface area contributed by atoms with Crippen LogP contribution in [0.2, 0.25) is 0 Å². The zero-order valence-electron chi connectivity index (χ0n) is 19.3. The lowest BCUT2D eigenvalue weighted by atomic mass is 9.89. The second-order valence-electron chi connectivity index (χ2n) is 9.50. The van der Waals surface area contributed by atoms with Crippen molar-refractivity contribution in [3.05, 3.63) is 0 Å². The zero-order chi connectivity index (χ0) is 24.7. The molecule has 0 aromatic carbocycles. The van der Waals surface area contributed by atoms with Crippen LogP contribution in [0.4, 0.5) is 13.2 Å². The summed E-state index contributed by atoms with van der Waals surface area (Å²) >= 11 is 0. The molecule has 0 aromatic heterocycles. The highest BCUT2D eigenvalue weighted by Crippen LogP contribution is 2.31. The molecule has 0 spiro atoms. The summed E-state index contributed by atoms with van der Waals surface area (Å²) in [5.74, 6) is -1.39. The number of halogens is 3. The Morgan fingerprint density at radius 3 is 2.68 bits per heavy atom. The molecule has 0 aromatic rings. The molecule has 0 radical (unpaired) electrons. The fourth-order valence-electron chi connectivity index (χ4n) is 5.20. The monoisotopic (exact) mass is 487 g/mol. The van der Waals surface area contributed by atoms with Gasteiger partial charge in [-0.15, -0.1) is 0 Å². The van der Waals surface area contributed by atoms with Gasteiger partial charge in [0.05, 0.1) is 24.4 Å². The largest absolute Gasteiger partial charge is 0.411 e. The second-order valence-corrected chi connectivity index (χ2v) is 9.50. The van der Waals surface area contributed by atoms with Crippen LogP contribution in [0.1, 0.15) is 44.9 Å². The summed E-state index contributed by atoms with van der Waals surface area (Å²) in [5.41, 5.74) is 12.2. The van der Waals surface area contributed by atoms with Gasteiger partial charge in [0.25, 0.3) is 0 Å². The number of carbonyl (C=O) groups excluding carboxylic acids is 1. The Bertz CT molecular complexity index is 737. The predicted molar refractivity (Wildman–Crippen MR) is 120 cm³/mol. The molecule has 1 saturated carbocycles. The van der Waals surface area contributed by atoms with E-state index in [1.165, 1.54) is 0 Å². The third-order valence-corrected chi connectivity index (χ3v) is 6.88. The van der Waals surface area contributed by atoms with Gasteiger partial charge >= 0.3 is 6.18 Å². The highest BCUT2D eigenvalue weighted by molar-refractivity contribution is 5.81. The maximum atomic E-state index is 13.4. The van der Waals surface area contributed by atoms with Gasteiger partial charge in [0.1, 0.15) is 18.7 Å². The quantitative estimate of drug-likeness (QED) is 0.372. The molecule has 6 N–H and O–H groups in total. The minimum absolute atomic E-state index is 0.0384. The zero-order valence-corrected chi connectivity index (χ0v) is 19.3. The average Bonchev–Trinajstić information content (AvgIpc) is 2.79. The van der Waals surface area contributed by atoms with Gasteiger partial charge in [-0.3, -0.25) is 14.7 Å². The summed E-state index contributed by atoms with van der Waals surface area (Å²) in [5, 5.41) is 15.1. The van der Waals surface area contributed by atoms with Gasteiger partial charge in [-0.25, -0.2) is 0 Å². The van der Waals surface area contributed by atoms with Crippen molar-refractivity contribution < 1.29 is 22.7 Å². The molecule has 192 valence electrons. The third kappa shape index (κ3) is 7.36. The fourth-order valence-corrected chi connectivity index (χ4v) is 5.20. The number of nitriles is 1. The molecule has 1 saturated heterocycles. The summed E-state index contributed by atoms with van der Waals surface area (Å²) in [6, 6.07) is 1.75. The van der Waals surface area contributed by atoms with E-state index in [0.717, 1.165) is 32.1 Å². The van der Waals surface area contributed by atoms with Crippen molar-refractivity contribution in [1.82, 2.24) is 15.5 Å². The lowest BCUT2D eigenvalue weighted by Crippen LogP contribution is -2.63. The number of aliphatic imine (C=N–C) groups is 1. The van der Waals surface area contributed by atoms with Gasteiger partial charge in [-0.2, -0.15) is 18.4 Å². The molecule has 5 unspecified atom stereocenters. The lowest BCUT2D eigenvalue weighted by Gasteiger charge is -2.45. The van der Waals surface area contributed by atoms with Crippen molar-refractivity contribution in [3.8, 4) is 6.07 Å². The summed E-state index contributed by atoms with van der Waals surface area (Å²) in [4.78, 5) is 20.2. The number of nitrogens with two attached hydrogens (primary N) is 2. The van der Waals surface area contributed by atoms with Crippen molar-refractivity contribution in [2.75, 3.05) is 26.2 Å². The fraction of sp³-hybridized carbons (Fsp3) is 0.864. The van der Waals surface area contributed by atoms with E-state index in [2.05, 4.69) is 26.6 Å². The van der Waals surface area contributed by atoms with E-state index in [0.29, 0.717) is 25.9 Å². The van der Waals surface area contributed by atoms with Crippen LogP contribution < -0.4 is 22.1 Å². The van der Waals surface area contributed by atoms with Crippen molar-refractivity contribution >= 4 is 12.1 Å². The topological polar surface area (TPSA) is 142 Å². The van der Waals surface area contributed by atoms with Crippen LogP contribution in [-0.2, 0) is 9.53 Å². The molecule has 1 aliphatic carbocycles. The smallest absolute Gasteiger partial charge is 0.367 e. The van der Waals surface area contributed by atoms with Gasteiger partial charge in [-0.1, -0.05) is 19.3 Å².